The summed E-state index contributed by atoms with van der Waals surface area (Å²) in [5, 5.41) is 3.23. The van der Waals surface area contributed by atoms with Gasteiger partial charge < -0.3 is 10.2 Å². The van der Waals surface area contributed by atoms with Gasteiger partial charge >= 0.3 is 0 Å². The first-order chi connectivity index (χ1) is 8.47. The molecular weight excluding hydrogens is 377 g/mol. The van der Waals surface area contributed by atoms with Crippen LogP contribution in [-0.4, -0.2) is 45.7 Å². The molecule has 0 atom stereocenters. The van der Waals surface area contributed by atoms with E-state index in [1.54, 1.807) is 12.1 Å². The Bertz CT molecular complexity index is 555. The minimum atomic E-state index is -3.11. The summed E-state index contributed by atoms with van der Waals surface area (Å²) in [5.41, 5.74) is 1.03. The van der Waals surface area contributed by atoms with Crippen LogP contribution < -0.4 is 5.32 Å². The van der Waals surface area contributed by atoms with Gasteiger partial charge in [0.15, 0.2) is 15.8 Å². The minimum Gasteiger partial charge on any atom is -0.352 e. The number of halogens is 1. The highest BCUT2D eigenvalue weighted by atomic mass is 127. The van der Waals surface area contributed by atoms with Crippen LogP contribution in [0.4, 0.5) is 0 Å². The van der Waals surface area contributed by atoms with E-state index in [0.29, 0.717) is 11.4 Å². The molecule has 0 radical (unpaired) electrons. The molecule has 1 heterocycles. The molecule has 0 aliphatic carbocycles. The first-order valence-electron chi connectivity index (χ1n) is 5.75. The van der Waals surface area contributed by atoms with Crippen molar-refractivity contribution < 1.29 is 8.42 Å². The molecule has 0 spiro atoms. The van der Waals surface area contributed by atoms with Crippen LogP contribution in [0.25, 0.3) is 0 Å². The molecular formula is C12H18IN3O2S. The van der Waals surface area contributed by atoms with Crippen molar-refractivity contribution >= 4 is 39.8 Å². The minimum absolute atomic E-state index is 0. The highest BCUT2D eigenvalue weighted by molar-refractivity contribution is 14.0. The van der Waals surface area contributed by atoms with Crippen LogP contribution in [0.5, 0.6) is 0 Å². The van der Waals surface area contributed by atoms with Crippen LogP contribution in [0.15, 0.2) is 34.2 Å². The number of nitrogens with one attached hydrogen (secondary N) is 1. The van der Waals surface area contributed by atoms with Gasteiger partial charge in [-0.25, -0.2) is 8.42 Å². The zero-order valence-electron chi connectivity index (χ0n) is 11.0. The average molecular weight is 395 g/mol. The van der Waals surface area contributed by atoms with Crippen molar-refractivity contribution in [1.29, 1.82) is 0 Å². The van der Waals surface area contributed by atoms with Gasteiger partial charge in [-0.05, 0) is 17.7 Å². The molecule has 5 nitrogen and oxygen atoms in total. The van der Waals surface area contributed by atoms with E-state index in [0.717, 1.165) is 24.6 Å². The van der Waals surface area contributed by atoms with Crippen molar-refractivity contribution in [3.63, 3.8) is 0 Å². The summed E-state index contributed by atoms with van der Waals surface area (Å²) in [6.07, 6.45) is 1.21. The lowest BCUT2D eigenvalue weighted by Crippen LogP contribution is -2.35. The van der Waals surface area contributed by atoms with Crippen molar-refractivity contribution in [3.05, 3.63) is 29.8 Å². The van der Waals surface area contributed by atoms with Crippen LogP contribution in [0.3, 0.4) is 0 Å². The van der Waals surface area contributed by atoms with Crippen LogP contribution >= 0.6 is 24.0 Å². The predicted molar refractivity (Wildman–Crippen MR) is 86.7 cm³/mol. The molecule has 0 aromatic heterocycles. The van der Waals surface area contributed by atoms with Gasteiger partial charge in [0.05, 0.1) is 11.4 Å². The Balaban J connectivity index is 0.00000180. The zero-order chi connectivity index (χ0) is 13.2. The monoisotopic (exact) mass is 395 g/mol. The molecule has 0 bridgehead atoms. The number of benzene rings is 1. The van der Waals surface area contributed by atoms with Crippen molar-refractivity contribution in [2.24, 2.45) is 4.99 Å². The third-order valence-corrected chi connectivity index (χ3v) is 3.99. The number of hydrogen-bond acceptors (Lipinski definition) is 5. The van der Waals surface area contributed by atoms with E-state index in [4.69, 9.17) is 0 Å². The third kappa shape index (κ3) is 4.34. The van der Waals surface area contributed by atoms with Crippen LogP contribution in [0.1, 0.15) is 5.56 Å². The predicted octanol–water partition coefficient (Wildman–Crippen LogP) is 1.10. The topological polar surface area (TPSA) is 61.8 Å². The SMILES string of the molecule is CN1CCN=C1NCc1ccc(S(C)(=O)=O)cc1.I. The van der Waals surface area contributed by atoms with Gasteiger partial charge in [-0.15, -0.1) is 24.0 Å². The lowest BCUT2D eigenvalue weighted by Gasteiger charge is -2.15. The van der Waals surface area contributed by atoms with E-state index in [1.165, 1.54) is 6.26 Å². The molecule has 19 heavy (non-hydrogen) atoms. The molecule has 1 N–H and O–H groups in total. The van der Waals surface area contributed by atoms with E-state index in [2.05, 4.69) is 15.2 Å². The van der Waals surface area contributed by atoms with Gasteiger partial charge in [0, 0.05) is 26.4 Å². The van der Waals surface area contributed by atoms with Gasteiger partial charge in [-0.1, -0.05) is 12.1 Å². The fourth-order valence-electron chi connectivity index (χ4n) is 1.76. The normalized spacial score (nSPS) is 14.8. The summed E-state index contributed by atoms with van der Waals surface area (Å²) >= 11 is 0. The first kappa shape index (κ1) is 16.2. The molecule has 1 aliphatic rings. The van der Waals surface area contributed by atoms with Gasteiger partial charge in [-0.3, -0.25) is 4.99 Å². The molecule has 7 heteroatoms. The summed E-state index contributed by atoms with van der Waals surface area (Å²) in [5.74, 6) is 0.891. The second kappa shape index (κ2) is 6.56. The highest BCUT2D eigenvalue weighted by Gasteiger charge is 2.11. The summed E-state index contributed by atoms with van der Waals surface area (Å²) in [7, 11) is -1.12. The molecule has 0 amide bonds. The second-order valence-corrected chi connectivity index (χ2v) is 6.41. The number of sulfone groups is 1. The Kier molecular flexibility index (Phi) is 5.60. The van der Waals surface area contributed by atoms with Crippen molar-refractivity contribution in [3.8, 4) is 0 Å². The summed E-state index contributed by atoms with van der Waals surface area (Å²) in [6.45, 7) is 2.41. The Labute approximate surface area is 131 Å². The molecule has 106 valence electrons. The van der Waals surface area contributed by atoms with E-state index in [1.807, 2.05) is 19.2 Å². The standard InChI is InChI=1S/C12H17N3O2S.HI/c1-15-8-7-13-12(15)14-9-10-3-5-11(6-4-10)18(2,16)17;/h3-6H,7-9H2,1-2H3,(H,13,14);1H. The first-order valence-corrected chi connectivity index (χ1v) is 7.64. The lowest BCUT2D eigenvalue weighted by molar-refractivity contribution is 0.534. The quantitative estimate of drug-likeness (QED) is 0.779. The fraction of sp³-hybridized carbons (Fsp3) is 0.417. The van der Waals surface area contributed by atoms with E-state index in [-0.39, 0.29) is 24.0 Å². The number of rotatable bonds is 3. The van der Waals surface area contributed by atoms with Crippen LogP contribution in [0, 0.1) is 0 Å². The van der Waals surface area contributed by atoms with Crippen LogP contribution in [-0.2, 0) is 16.4 Å². The second-order valence-electron chi connectivity index (χ2n) is 4.40. The molecule has 0 unspecified atom stereocenters. The highest BCUT2D eigenvalue weighted by Crippen LogP contribution is 2.10. The van der Waals surface area contributed by atoms with Crippen molar-refractivity contribution in [1.82, 2.24) is 10.2 Å². The summed E-state index contributed by atoms with van der Waals surface area (Å²) in [6, 6.07) is 6.90. The van der Waals surface area contributed by atoms with E-state index in [9.17, 15) is 8.42 Å². The van der Waals surface area contributed by atoms with Crippen molar-refractivity contribution in [2.75, 3.05) is 26.4 Å². The van der Waals surface area contributed by atoms with Crippen LogP contribution in [0.2, 0.25) is 0 Å². The maximum absolute atomic E-state index is 11.3. The Morgan fingerprint density at radius 1 is 1.32 bits per heavy atom. The third-order valence-electron chi connectivity index (χ3n) is 2.86. The average Bonchev–Trinajstić information content (AvgIpc) is 2.72. The lowest BCUT2D eigenvalue weighted by atomic mass is 10.2. The molecule has 0 saturated heterocycles. The summed E-state index contributed by atoms with van der Waals surface area (Å²) in [4.78, 5) is 6.73. The Hall–Kier alpha value is -0.830. The summed E-state index contributed by atoms with van der Waals surface area (Å²) < 4.78 is 22.6. The fourth-order valence-corrected chi connectivity index (χ4v) is 2.39. The van der Waals surface area contributed by atoms with E-state index >= 15 is 0 Å². The number of likely N-dealkylation sites (N-methyl/N-ethyl adjacent to an activating group) is 1. The maximum Gasteiger partial charge on any atom is 0.194 e. The van der Waals surface area contributed by atoms with E-state index < -0.39 is 9.84 Å². The smallest absolute Gasteiger partial charge is 0.194 e. The molecule has 0 saturated carbocycles. The van der Waals surface area contributed by atoms with Gasteiger partial charge in [0.1, 0.15) is 0 Å². The number of guanidine groups is 1. The number of aliphatic imine (C=N–C) groups is 1. The van der Waals surface area contributed by atoms with Gasteiger partial charge in [0.25, 0.3) is 0 Å². The molecule has 1 aromatic carbocycles. The molecule has 0 fully saturated rings. The van der Waals surface area contributed by atoms with Gasteiger partial charge in [-0.2, -0.15) is 0 Å². The van der Waals surface area contributed by atoms with Crippen molar-refractivity contribution in [2.45, 2.75) is 11.4 Å². The Morgan fingerprint density at radius 3 is 2.42 bits per heavy atom. The Morgan fingerprint density at radius 2 is 1.95 bits per heavy atom. The zero-order valence-corrected chi connectivity index (χ0v) is 14.1. The molecule has 2 rings (SSSR count). The molecule has 1 aliphatic heterocycles. The number of hydrogen-bond donors (Lipinski definition) is 1. The van der Waals surface area contributed by atoms with Gasteiger partial charge in [0.2, 0.25) is 0 Å². The molecule has 1 aromatic rings. The number of nitrogens with zero attached hydrogens (tertiary/aromatic N) is 2. The largest absolute Gasteiger partial charge is 0.352 e. The maximum atomic E-state index is 11.3.